The average Bonchev–Trinajstić information content (AvgIpc) is 2.91. The maximum absolute atomic E-state index is 13.8. The molecule has 2 aromatic rings. The number of halogens is 2. The fourth-order valence-corrected chi connectivity index (χ4v) is 3.18. The number of likely N-dealkylation sites (N-methyl/N-ethyl adjacent to an activating group) is 1. The topological polar surface area (TPSA) is 37.2 Å². The molecule has 0 fully saturated rings. The zero-order valence-electron chi connectivity index (χ0n) is 12.9. The second-order valence-corrected chi connectivity index (χ2v) is 5.84. The van der Waals surface area contributed by atoms with Gasteiger partial charge in [-0.3, -0.25) is 0 Å². The molecule has 0 aliphatic heterocycles. The van der Waals surface area contributed by atoms with Crippen LogP contribution in [0, 0.1) is 5.82 Å². The maximum atomic E-state index is 13.8. The molecule has 0 bridgehead atoms. The average molecular weight is 318 g/mol. The van der Waals surface area contributed by atoms with Gasteiger partial charge < -0.3 is 15.0 Å². The van der Waals surface area contributed by atoms with Crippen molar-refractivity contribution in [1.82, 2.24) is 9.88 Å². The Kier molecular flexibility index (Phi) is 4.59. The minimum absolute atomic E-state index is 0.233. The highest BCUT2D eigenvalue weighted by Crippen LogP contribution is 2.32. The highest BCUT2D eigenvalue weighted by molar-refractivity contribution is 5.80. The molecule has 3 atom stereocenters. The number of aliphatic hydroxyl groups excluding tert-OH is 1. The number of nitrogens with zero attached hydrogens (tertiary/aromatic N) is 1. The van der Waals surface area contributed by atoms with Crippen LogP contribution in [0.25, 0.3) is 10.9 Å². The zero-order chi connectivity index (χ0) is 16.4. The number of rotatable bonds is 5. The summed E-state index contributed by atoms with van der Waals surface area (Å²) in [4.78, 5) is 0. The number of nitrogens with one attached hydrogen (secondary N) is 1. The molecule has 2 unspecified atom stereocenters. The van der Waals surface area contributed by atoms with Gasteiger partial charge in [0.2, 0.25) is 0 Å². The van der Waals surface area contributed by atoms with E-state index in [4.69, 9.17) is 0 Å². The van der Waals surface area contributed by atoms with Gasteiger partial charge in [-0.1, -0.05) is 18.2 Å². The van der Waals surface area contributed by atoms with Crippen molar-refractivity contribution < 1.29 is 13.9 Å². The molecule has 1 aromatic carbocycles. The predicted octanol–water partition coefficient (Wildman–Crippen LogP) is 3.13. The number of benzene rings is 1. The summed E-state index contributed by atoms with van der Waals surface area (Å²) in [6.07, 6.45) is 5.26. The lowest BCUT2D eigenvalue weighted by molar-refractivity contribution is 0.127. The molecule has 122 valence electrons. The summed E-state index contributed by atoms with van der Waals surface area (Å²) in [7, 11) is 1.75. The van der Waals surface area contributed by atoms with Gasteiger partial charge in [-0.05, 0) is 42.3 Å². The lowest BCUT2D eigenvalue weighted by Crippen LogP contribution is -2.34. The molecule has 0 saturated heterocycles. The number of aliphatic hydroxyl groups is 1. The number of aromatic nitrogens is 1. The summed E-state index contributed by atoms with van der Waals surface area (Å²) in [6.45, 7) is 0.359. The normalized spacial score (nSPS) is 20.5. The third-order valence-electron chi connectivity index (χ3n) is 4.20. The van der Waals surface area contributed by atoms with E-state index in [1.807, 2.05) is 22.9 Å². The molecule has 1 aliphatic rings. The Morgan fingerprint density at radius 3 is 2.96 bits per heavy atom. The van der Waals surface area contributed by atoms with E-state index < -0.39 is 18.3 Å². The van der Waals surface area contributed by atoms with Crippen molar-refractivity contribution in [3.05, 3.63) is 60.1 Å². The van der Waals surface area contributed by atoms with Crippen molar-refractivity contribution in [2.45, 2.75) is 24.7 Å². The fraction of sp³-hybridized carbons (Fsp3) is 0.333. The van der Waals surface area contributed by atoms with E-state index in [1.54, 1.807) is 19.2 Å². The van der Waals surface area contributed by atoms with Crippen molar-refractivity contribution >= 4 is 10.9 Å². The lowest BCUT2D eigenvalue weighted by Gasteiger charge is -2.29. The lowest BCUT2D eigenvalue weighted by atomic mass is 9.92. The van der Waals surface area contributed by atoms with Crippen molar-refractivity contribution in [3.8, 4) is 0 Å². The van der Waals surface area contributed by atoms with Crippen LogP contribution in [0.3, 0.4) is 0 Å². The quantitative estimate of drug-likeness (QED) is 0.889. The van der Waals surface area contributed by atoms with Crippen LogP contribution in [0.4, 0.5) is 8.78 Å². The van der Waals surface area contributed by atoms with Gasteiger partial charge in [-0.2, -0.15) is 0 Å². The highest BCUT2D eigenvalue weighted by Gasteiger charge is 2.28. The van der Waals surface area contributed by atoms with Crippen LogP contribution in [-0.2, 0) is 0 Å². The first-order valence-corrected chi connectivity index (χ1v) is 7.70. The number of hydrogen-bond acceptors (Lipinski definition) is 2. The van der Waals surface area contributed by atoms with Gasteiger partial charge in [-0.25, -0.2) is 8.78 Å². The van der Waals surface area contributed by atoms with Crippen LogP contribution in [0.2, 0.25) is 0 Å². The van der Waals surface area contributed by atoms with E-state index >= 15 is 0 Å². The van der Waals surface area contributed by atoms with Crippen molar-refractivity contribution in [1.29, 1.82) is 0 Å². The van der Waals surface area contributed by atoms with Crippen LogP contribution in [-0.4, -0.2) is 35.5 Å². The molecular formula is C18H20F2N2O. The van der Waals surface area contributed by atoms with Crippen LogP contribution in [0.5, 0.6) is 0 Å². The van der Waals surface area contributed by atoms with Crippen molar-refractivity contribution in [2.24, 2.45) is 0 Å². The number of hydrogen-bond donors (Lipinski definition) is 2. The van der Waals surface area contributed by atoms with Crippen LogP contribution >= 0.6 is 0 Å². The van der Waals surface area contributed by atoms with Gasteiger partial charge in [-0.15, -0.1) is 0 Å². The molecule has 1 heterocycles. The standard InChI is InChI=1S/C18H20F2N2O/c1-21-11-17(23)18(13-3-2-4-14(19)9-13)22-8-7-12-5-6-15(20)10-16(12)22/h2-8,10,14,17-18,21,23H,9,11H2,1H3/t14?,17?,18-/m0/s1. The predicted molar refractivity (Wildman–Crippen MR) is 87.6 cm³/mol. The van der Waals surface area contributed by atoms with E-state index in [2.05, 4.69) is 5.32 Å². The third kappa shape index (κ3) is 3.21. The molecule has 5 heteroatoms. The fourth-order valence-electron chi connectivity index (χ4n) is 3.18. The van der Waals surface area contributed by atoms with Crippen molar-refractivity contribution in [2.75, 3.05) is 13.6 Å². The Labute approximate surface area is 133 Å². The summed E-state index contributed by atoms with van der Waals surface area (Å²) in [5.74, 6) is -0.333. The van der Waals surface area contributed by atoms with E-state index in [0.29, 0.717) is 12.1 Å². The Morgan fingerprint density at radius 1 is 1.39 bits per heavy atom. The molecule has 1 aromatic heterocycles. The molecule has 23 heavy (non-hydrogen) atoms. The second kappa shape index (κ2) is 6.64. The number of allylic oxidation sites excluding steroid dienone is 3. The molecule has 1 aliphatic carbocycles. The Morgan fingerprint density at radius 2 is 2.22 bits per heavy atom. The largest absolute Gasteiger partial charge is 0.389 e. The second-order valence-electron chi connectivity index (χ2n) is 5.84. The molecule has 3 rings (SSSR count). The SMILES string of the molecule is CNCC(O)[C@H](C1=CC=CC(F)C1)n1ccc2ccc(F)cc21. The van der Waals surface area contributed by atoms with E-state index in [0.717, 1.165) is 11.0 Å². The molecule has 3 nitrogen and oxygen atoms in total. The van der Waals surface area contributed by atoms with Gasteiger partial charge in [0.15, 0.2) is 0 Å². The smallest absolute Gasteiger partial charge is 0.125 e. The molecule has 0 spiro atoms. The third-order valence-corrected chi connectivity index (χ3v) is 4.20. The number of alkyl halides is 1. The minimum Gasteiger partial charge on any atom is -0.389 e. The summed E-state index contributed by atoms with van der Waals surface area (Å²) >= 11 is 0. The van der Waals surface area contributed by atoms with Crippen LogP contribution < -0.4 is 5.32 Å². The Hall–Kier alpha value is -1.98. The van der Waals surface area contributed by atoms with E-state index in [9.17, 15) is 13.9 Å². The molecule has 0 amide bonds. The van der Waals surface area contributed by atoms with Gasteiger partial charge in [0.25, 0.3) is 0 Å². The summed E-state index contributed by atoms with van der Waals surface area (Å²) in [6, 6.07) is 5.99. The minimum atomic E-state index is -1.06. The van der Waals surface area contributed by atoms with E-state index in [-0.39, 0.29) is 12.2 Å². The Bertz CT molecular complexity index is 751. The first kappa shape index (κ1) is 15.9. The van der Waals surface area contributed by atoms with Crippen molar-refractivity contribution in [3.63, 3.8) is 0 Å². The maximum Gasteiger partial charge on any atom is 0.125 e. The zero-order valence-corrected chi connectivity index (χ0v) is 12.9. The summed E-state index contributed by atoms with van der Waals surface area (Å²) in [5, 5.41) is 14.4. The number of fused-ring (bicyclic) bond motifs is 1. The molecular weight excluding hydrogens is 298 g/mol. The van der Waals surface area contributed by atoms with Gasteiger partial charge >= 0.3 is 0 Å². The highest BCUT2D eigenvalue weighted by atomic mass is 19.1. The van der Waals surface area contributed by atoms with Crippen LogP contribution in [0.1, 0.15) is 12.5 Å². The Balaban J connectivity index is 2.08. The molecule has 0 saturated carbocycles. The molecule has 0 radical (unpaired) electrons. The van der Waals surface area contributed by atoms with Crippen LogP contribution in [0.15, 0.2) is 54.3 Å². The van der Waals surface area contributed by atoms with Gasteiger partial charge in [0.05, 0.1) is 17.7 Å². The van der Waals surface area contributed by atoms with Gasteiger partial charge in [0.1, 0.15) is 12.0 Å². The van der Waals surface area contributed by atoms with Gasteiger partial charge in [0, 0.05) is 19.2 Å². The summed E-state index contributed by atoms with van der Waals surface area (Å²) < 4.78 is 29.2. The van der Waals surface area contributed by atoms with E-state index in [1.165, 1.54) is 18.2 Å². The monoisotopic (exact) mass is 318 g/mol. The summed E-state index contributed by atoms with van der Waals surface area (Å²) in [5.41, 5.74) is 1.49. The first-order chi connectivity index (χ1) is 11.1. The first-order valence-electron chi connectivity index (χ1n) is 7.70. The molecule has 2 N–H and O–H groups in total.